The van der Waals surface area contributed by atoms with Crippen LogP contribution in [-0.2, 0) is 0 Å². The normalized spacial score (nSPS) is 11.7. The molecule has 0 aliphatic heterocycles. The van der Waals surface area contributed by atoms with Gasteiger partial charge in [-0.1, -0.05) is 84.9 Å². The number of para-hydroxylation sites is 1. The zero-order valence-corrected chi connectivity index (χ0v) is 23.1. The fourth-order valence-corrected chi connectivity index (χ4v) is 6.30. The zero-order valence-electron chi connectivity index (χ0n) is 23.1. The average molecular weight is 553 g/mol. The Hall–Kier alpha value is -5.87. The molecule has 0 amide bonds. The summed E-state index contributed by atoms with van der Waals surface area (Å²) in [5, 5.41) is 5.45. The zero-order chi connectivity index (χ0) is 28.3. The van der Waals surface area contributed by atoms with E-state index in [1.165, 1.54) is 5.56 Å². The van der Waals surface area contributed by atoms with Crippen molar-refractivity contribution in [3.8, 4) is 11.1 Å². The van der Waals surface area contributed by atoms with E-state index in [1.807, 2.05) is 42.6 Å². The van der Waals surface area contributed by atoms with Crippen LogP contribution in [0.25, 0.3) is 65.9 Å². The highest BCUT2D eigenvalue weighted by Crippen LogP contribution is 2.46. The number of aromatic nitrogens is 1. The third kappa shape index (κ3) is 3.74. The number of pyridine rings is 1. The third-order valence-corrected chi connectivity index (χ3v) is 8.30. The van der Waals surface area contributed by atoms with Gasteiger partial charge in [0.05, 0.1) is 16.8 Å². The van der Waals surface area contributed by atoms with Crippen LogP contribution < -0.4 is 4.90 Å². The van der Waals surface area contributed by atoms with E-state index in [0.29, 0.717) is 0 Å². The Labute approximate surface area is 247 Å². The molecule has 3 heterocycles. The Kier molecular flexibility index (Phi) is 5.16. The lowest BCUT2D eigenvalue weighted by Crippen LogP contribution is -2.10. The van der Waals surface area contributed by atoms with E-state index >= 15 is 0 Å². The molecule has 0 fully saturated rings. The van der Waals surface area contributed by atoms with Crippen molar-refractivity contribution in [2.24, 2.45) is 0 Å². The van der Waals surface area contributed by atoms with Crippen molar-refractivity contribution in [1.29, 1.82) is 0 Å². The number of hydrogen-bond acceptors (Lipinski definition) is 4. The first kappa shape index (κ1) is 23.8. The Morgan fingerprint density at radius 1 is 0.488 bits per heavy atom. The number of nitrogens with zero attached hydrogens (tertiary/aromatic N) is 2. The summed E-state index contributed by atoms with van der Waals surface area (Å²) in [6.07, 6.45) is 1.83. The molecule has 4 nitrogen and oxygen atoms in total. The van der Waals surface area contributed by atoms with Crippen LogP contribution in [-0.4, -0.2) is 4.98 Å². The van der Waals surface area contributed by atoms with Crippen molar-refractivity contribution in [2.45, 2.75) is 0 Å². The molecule has 43 heavy (non-hydrogen) atoms. The Morgan fingerprint density at radius 3 is 2.07 bits per heavy atom. The molecule has 0 N–H and O–H groups in total. The summed E-state index contributed by atoms with van der Waals surface area (Å²) in [4.78, 5) is 7.01. The molecule has 0 atom stereocenters. The van der Waals surface area contributed by atoms with Gasteiger partial charge in [0, 0.05) is 28.7 Å². The number of hydrogen-bond donors (Lipinski definition) is 0. The second-order valence-electron chi connectivity index (χ2n) is 10.8. The fraction of sp³-hybridized carbons (Fsp3) is 0. The van der Waals surface area contributed by atoms with Crippen LogP contribution in [0.15, 0.2) is 155 Å². The summed E-state index contributed by atoms with van der Waals surface area (Å²) in [5.41, 5.74) is 9.42. The van der Waals surface area contributed by atoms with E-state index in [2.05, 4.69) is 108 Å². The van der Waals surface area contributed by atoms with Crippen molar-refractivity contribution in [3.63, 3.8) is 0 Å². The van der Waals surface area contributed by atoms with Crippen LogP contribution in [0.5, 0.6) is 0 Å². The SMILES string of the molecule is c1ccc(-c2ccc(N(c3ccc4c(c3)oc3ccccc34)c3cc4ccccc4c4c3oc3cccnc34)cc2)cc1. The molecular formula is C39H24N2O2. The largest absolute Gasteiger partial charge is 0.456 e. The van der Waals surface area contributed by atoms with Crippen molar-refractivity contribution < 1.29 is 8.83 Å². The standard InChI is InChI=1S/C39H24N2O2/c1-2-9-25(10-3-1)26-16-18-28(19-17-26)41(29-20-21-32-31-13-6-7-14-34(31)42-36(32)24-29)33-23-27-11-4-5-12-30(27)37-38-35(43-39(33)37)15-8-22-40-38/h1-24H. The van der Waals surface area contributed by atoms with E-state index in [4.69, 9.17) is 13.8 Å². The Balaban J connectivity index is 1.33. The second kappa shape index (κ2) is 9.33. The van der Waals surface area contributed by atoms with Gasteiger partial charge in [-0.2, -0.15) is 0 Å². The first-order valence-electron chi connectivity index (χ1n) is 14.4. The molecular weight excluding hydrogens is 528 g/mol. The molecule has 3 aromatic heterocycles. The van der Waals surface area contributed by atoms with Crippen LogP contribution in [0.1, 0.15) is 0 Å². The smallest absolute Gasteiger partial charge is 0.161 e. The lowest BCUT2D eigenvalue weighted by atomic mass is 10.0. The van der Waals surface area contributed by atoms with E-state index in [0.717, 1.165) is 77.4 Å². The molecule has 0 saturated heterocycles. The fourth-order valence-electron chi connectivity index (χ4n) is 6.30. The van der Waals surface area contributed by atoms with Crippen molar-refractivity contribution in [1.82, 2.24) is 4.98 Å². The number of rotatable bonds is 4. The van der Waals surface area contributed by atoms with Gasteiger partial charge in [-0.15, -0.1) is 0 Å². The summed E-state index contributed by atoms with van der Waals surface area (Å²) in [6, 6.07) is 48.3. The number of fused-ring (bicyclic) bond motifs is 8. The molecule has 0 spiro atoms. The van der Waals surface area contributed by atoms with Crippen molar-refractivity contribution >= 4 is 71.8 Å². The summed E-state index contributed by atoms with van der Waals surface area (Å²) >= 11 is 0. The molecule has 4 heteroatoms. The topological polar surface area (TPSA) is 42.4 Å². The highest BCUT2D eigenvalue weighted by molar-refractivity contribution is 6.22. The maximum Gasteiger partial charge on any atom is 0.161 e. The minimum atomic E-state index is 0.766. The third-order valence-electron chi connectivity index (χ3n) is 8.30. The molecule has 0 unspecified atom stereocenters. The molecule has 0 aliphatic rings. The maximum atomic E-state index is 6.62. The van der Waals surface area contributed by atoms with Crippen LogP contribution in [0.4, 0.5) is 17.1 Å². The van der Waals surface area contributed by atoms with Gasteiger partial charge < -0.3 is 13.7 Å². The van der Waals surface area contributed by atoms with Crippen LogP contribution in [0, 0.1) is 0 Å². The minimum Gasteiger partial charge on any atom is -0.456 e. The lowest BCUT2D eigenvalue weighted by molar-refractivity contribution is 0.667. The molecule has 0 saturated carbocycles. The van der Waals surface area contributed by atoms with Crippen molar-refractivity contribution in [3.05, 3.63) is 146 Å². The first-order chi connectivity index (χ1) is 21.3. The summed E-state index contributed by atoms with van der Waals surface area (Å²) in [6.45, 7) is 0. The number of furan rings is 2. The van der Waals surface area contributed by atoms with Crippen LogP contribution >= 0.6 is 0 Å². The summed E-state index contributed by atoms with van der Waals surface area (Å²) in [5.74, 6) is 0. The molecule has 202 valence electrons. The summed E-state index contributed by atoms with van der Waals surface area (Å²) < 4.78 is 13.0. The van der Waals surface area contributed by atoms with Gasteiger partial charge in [-0.3, -0.25) is 4.98 Å². The highest BCUT2D eigenvalue weighted by Gasteiger charge is 2.23. The highest BCUT2D eigenvalue weighted by atomic mass is 16.3. The summed E-state index contributed by atoms with van der Waals surface area (Å²) in [7, 11) is 0. The maximum absolute atomic E-state index is 6.62. The predicted molar refractivity (Wildman–Crippen MR) is 176 cm³/mol. The van der Waals surface area contributed by atoms with E-state index in [9.17, 15) is 0 Å². The van der Waals surface area contributed by atoms with Gasteiger partial charge in [0.1, 0.15) is 16.7 Å². The molecule has 9 aromatic rings. The minimum absolute atomic E-state index is 0.766. The van der Waals surface area contributed by atoms with E-state index < -0.39 is 0 Å². The van der Waals surface area contributed by atoms with Crippen LogP contribution in [0.2, 0.25) is 0 Å². The Bertz CT molecular complexity index is 2450. The van der Waals surface area contributed by atoms with Gasteiger partial charge in [-0.25, -0.2) is 0 Å². The first-order valence-corrected chi connectivity index (χ1v) is 14.4. The lowest BCUT2D eigenvalue weighted by Gasteiger charge is -2.26. The predicted octanol–water partition coefficient (Wildman–Crippen LogP) is 11.2. The van der Waals surface area contributed by atoms with Crippen LogP contribution in [0.3, 0.4) is 0 Å². The molecule has 0 aliphatic carbocycles. The second-order valence-corrected chi connectivity index (χ2v) is 10.8. The van der Waals surface area contributed by atoms with Crippen molar-refractivity contribution in [2.75, 3.05) is 4.90 Å². The van der Waals surface area contributed by atoms with Gasteiger partial charge in [0.15, 0.2) is 11.2 Å². The molecule has 9 rings (SSSR count). The van der Waals surface area contributed by atoms with Gasteiger partial charge in [0.2, 0.25) is 0 Å². The van der Waals surface area contributed by atoms with Gasteiger partial charge >= 0.3 is 0 Å². The molecule has 0 radical (unpaired) electrons. The number of anilines is 3. The number of benzene rings is 6. The van der Waals surface area contributed by atoms with E-state index in [1.54, 1.807) is 0 Å². The van der Waals surface area contributed by atoms with Gasteiger partial charge in [-0.05, 0) is 70.4 Å². The average Bonchev–Trinajstić information content (AvgIpc) is 3.64. The molecule has 6 aromatic carbocycles. The van der Waals surface area contributed by atoms with E-state index in [-0.39, 0.29) is 0 Å². The molecule has 0 bridgehead atoms. The quantitative estimate of drug-likeness (QED) is 0.218. The Morgan fingerprint density at radius 2 is 1.19 bits per heavy atom. The van der Waals surface area contributed by atoms with Gasteiger partial charge in [0.25, 0.3) is 0 Å². The monoisotopic (exact) mass is 552 g/mol.